The molecule has 0 bridgehead atoms. The van der Waals surface area contributed by atoms with Crippen LogP contribution in [0.3, 0.4) is 0 Å². The number of hydrogen-bond acceptors (Lipinski definition) is 6. The van der Waals surface area contributed by atoms with E-state index in [1.807, 2.05) is 0 Å². The number of carbonyl (C=O) groups is 1. The van der Waals surface area contributed by atoms with Crippen molar-refractivity contribution in [3.63, 3.8) is 0 Å². The van der Waals surface area contributed by atoms with E-state index < -0.39 is 6.09 Å². The first-order valence-electron chi connectivity index (χ1n) is 7.02. The second kappa shape index (κ2) is 10.7. The van der Waals surface area contributed by atoms with Crippen LogP contribution in [0.2, 0.25) is 0 Å². The van der Waals surface area contributed by atoms with Crippen molar-refractivity contribution in [1.29, 1.82) is 0 Å². The third-order valence-electron chi connectivity index (χ3n) is 2.56. The Morgan fingerprint density at radius 3 is 2.23 bits per heavy atom. The van der Waals surface area contributed by atoms with E-state index in [9.17, 15) is 4.79 Å². The standard InChI is InChI=1S/C15H23NO6/c1-4-20-15(17)16-12-5-6-13(21-9-7-18-2)14(11-12)22-10-8-19-3/h5-6,11H,4,7-10H2,1-3H3,(H,16,17). The molecule has 0 aliphatic carbocycles. The average Bonchev–Trinajstić information content (AvgIpc) is 2.50. The lowest BCUT2D eigenvalue weighted by atomic mass is 10.2. The zero-order chi connectivity index (χ0) is 16.2. The second-order valence-electron chi connectivity index (χ2n) is 4.19. The summed E-state index contributed by atoms with van der Waals surface area (Å²) in [6.45, 7) is 3.75. The molecule has 1 N–H and O–H groups in total. The highest BCUT2D eigenvalue weighted by atomic mass is 16.6. The van der Waals surface area contributed by atoms with Crippen LogP contribution in [0.5, 0.6) is 11.5 Å². The summed E-state index contributed by atoms with van der Waals surface area (Å²) in [6.07, 6.45) is -0.515. The van der Waals surface area contributed by atoms with Gasteiger partial charge in [-0.1, -0.05) is 0 Å². The van der Waals surface area contributed by atoms with Gasteiger partial charge in [0.05, 0.1) is 19.8 Å². The van der Waals surface area contributed by atoms with Gasteiger partial charge in [0.25, 0.3) is 0 Å². The van der Waals surface area contributed by atoms with Crippen LogP contribution in [0.4, 0.5) is 10.5 Å². The Bertz CT molecular complexity index is 452. The molecule has 0 aromatic heterocycles. The third kappa shape index (κ3) is 6.64. The molecule has 1 aromatic rings. The molecule has 22 heavy (non-hydrogen) atoms. The van der Waals surface area contributed by atoms with Gasteiger partial charge >= 0.3 is 6.09 Å². The fraction of sp³-hybridized carbons (Fsp3) is 0.533. The van der Waals surface area contributed by atoms with E-state index in [1.54, 1.807) is 39.3 Å². The molecular weight excluding hydrogens is 290 g/mol. The van der Waals surface area contributed by atoms with E-state index in [-0.39, 0.29) is 0 Å². The molecule has 7 nitrogen and oxygen atoms in total. The lowest BCUT2D eigenvalue weighted by Gasteiger charge is -2.14. The number of ether oxygens (including phenoxy) is 5. The van der Waals surface area contributed by atoms with Crippen molar-refractivity contribution < 1.29 is 28.5 Å². The van der Waals surface area contributed by atoms with Crippen molar-refractivity contribution in [3.8, 4) is 11.5 Å². The van der Waals surface area contributed by atoms with Crippen molar-refractivity contribution in [3.05, 3.63) is 18.2 Å². The maximum Gasteiger partial charge on any atom is 0.411 e. The summed E-state index contributed by atoms with van der Waals surface area (Å²) in [7, 11) is 3.20. The summed E-state index contributed by atoms with van der Waals surface area (Å²) < 4.78 is 25.9. The Morgan fingerprint density at radius 2 is 1.64 bits per heavy atom. The number of carbonyl (C=O) groups excluding carboxylic acids is 1. The molecule has 0 saturated heterocycles. The first-order valence-corrected chi connectivity index (χ1v) is 7.02. The van der Waals surface area contributed by atoms with E-state index in [1.165, 1.54) is 0 Å². The fourth-order valence-electron chi connectivity index (χ4n) is 1.57. The minimum absolute atomic E-state index is 0.307. The summed E-state index contributed by atoms with van der Waals surface area (Å²) >= 11 is 0. The van der Waals surface area contributed by atoms with Gasteiger partial charge < -0.3 is 23.7 Å². The highest BCUT2D eigenvalue weighted by molar-refractivity contribution is 5.85. The summed E-state index contributed by atoms with van der Waals surface area (Å²) in [5.41, 5.74) is 0.560. The molecule has 1 amide bonds. The van der Waals surface area contributed by atoms with Crippen molar-refractivity contribution in [2.45, 2.75) is 6.92 Å². The Balaban J connectivity index is 2.75. The molecular formula is C15H23NO6. The van der Waals surface area contributed by atoms with Crippen LogP contribution in [0.1, 0.15) is 6.92 Å². The van der Waals surface area contributed by atoms with Crippen LogP contribution in [-0.2, 0) is 14.2 Å². The van der Waals surface area contributed by atoms with Crippen molar-refractivity contribution in [2.24, 2.45) is 0 Å². The highest BCUT2D eigenvalue weighted by Gasteiger charge is 2.09. The lowest BCUT2D eigenvalue weighted by Crippen LogP contribution is -2.14. The van der Waals surface area contributed by atoms with E-state index >= 15 is 0 Å². The molecule has 124 valence electrons. The molecule has 0 fully saturated rings. The molecule has 7 heteroatoms. The van der Waals surface area contributed by atoms with Crippen LogP contribution in [-0.4, -0.2) is 53.3 Å². The molecule has 0 saturated carbocycles. The lowest BCUT2D eigenvalue weighted by molar-refractivity contribution is 0.132. The predicted octanol–water partition coefficient (Wildman–Crippen LogP) is 2.31. The summed E-state index contributed by atoms with van der Waals surface area (Å²) in [5, 5.41) is 2.62. The SMILES string of the molecule is CCOC(=O)Nc1ccc(OCCOC)c(OCCOC)c1. The van der Waals surface area contributed by atoms with Gasteiger partial charge in [0.15, 0.2) is 11.5 Å². The second-order valence-corrected chi connectivity index (χ2v) is 4.19. The number of benzene rings is 1. The quantitative estimate of drug-likeness (QED) is 0.668. The van der Waals surface area contributed by atoms with Crippen LogP contribution in [0.15, 0.2) is 18.2 Å². The summed E-state index contributed by atoms with van der Waals surface area (Å²) in [6, 6.07) is 5.11. The van der Waals surface area contributed by atoms with Crippen LogP contribution in [0.25, 0.3) is 0 Å². The van der Waals surface area contributed by atoms with Crippen molar-refractivity contribution >= 4 is 11.8 Å². The van der Waals surface area contributed by atoms with Gasteiger partial charge in [0.2, 0.25) is 0 Å². The third-order valence-corrected chi connectivity index (χ3v) is 2.56. The topological polar surface area (TPSA) is 75.3 Å². The van der Waals surface area contributed by atoms with Crippen LogP contribution in [0, 0.1) is 0 Å². The molecule has 0 atom stereocenters. The van der Waals surface area contributed by atoms with Gasteiger partial charge in [-0.15, -0.1) is 0 Å². The van der Waals surface area contributed by atoms with Crippen LogP contribution < -0.4 is 14.8 Å². The van der Waals surface area contributed by atoms with Gasteiger partial charge in [-0.2, -0.15) is 0 Å². The monoisotopic (exact) mass is 313 g/mol. The Hall–Kier alpha value is -1.99. The fourth-order valence-corrected chi connectivity index (χ4v) is 1.57. The highest BCUT2D eigenvalue weighted by Crippen LogP contribution is 2.30. The summed E-state index contributed by atoms with van der Waals surface area (Å²) in [5.74, 6) is 1.09. The van der Waals surface area contributed by atoms with E-state index in [2.05, 4.69) is 5.32 Å². The maximum absolute atomic E-state index is 11.4. The first-order chi connectivity index (χ1) is 10.7. The normalized spacial score (nSPS) is 10.1. The number of hydrogen-bond donors (Lipinski definition) is 1. The van der Waals surface area contributed by atoms with Gasteiger partial charge in [0.1, 0.15) is 13.2 Å². The Morgan fingerprint density at radius 1 is 1.00 bits per heavy atom. The first kappa shape index (κ1) is 18.1. The molecule has 0 radical (unpaired) electrons. The Labute approximate surface area is 130 Å². The van der Waals surface area contributed by atoms with Gasteiger partial charge in [-0.3, -0.25) is 5.32 Å². The molecule has 0 aliphatic rings. The van der Waals surface area contributed by atoms with Gasteiger partial charge in [-0.05, 0) is 19.1 Å². The van der Waals surface area contributed by atoms with E-state index in [4.69, 9.17) is 23.7 Å². The number of amides is 1. The minimum Gasteiger partial charge on any atom is -0.487 e. The average molecular weight is 313 g/mol. The van der Waals surface area contributed by atoms with Crippen LogP contribution >= 0.6 is 0 Å². The zero-order valence-electron chi connectivity index (χ0n) is 13.2. The van der Waals surface area contributed by atoms with Crippen molar-refractivity contribution in [1.82, 2.24) is 0 Å². The number of rotatable bonds is 10. The number of anilines is 1. The number of methoxy groups -OCH3 is 2. The van der Waals surface area contributed by atoms with E-state index in [0.29, 0.717) is 50.2 Å². The molecule has 0 spiro atoms. The maximum atomic E-state index is 11.4. The largest absolute Gasteiger partial charge is 0.487 e. The van der Waals surface area contributed by atoms with Gasteiger partial charge in [-0.25, -0.2) is 4.79 Å². The molecule has 0 heterocycles. The smallest absolute Gasteiger partial charge is 0.411 e. The molecule has 0 unspecified atom stereocenters. The molecule has 1 aromatic carbocycles. The zero-order valence-corrected chi connectivity index (χ0v) is 13.2. The van der Waals surface area contributed by atoms with Gasteiger partial charge in [0, 0.05) is 26.0 Å². The minimum atomic E-state index is -0.515. The molecule has 0 aliphatic heterocycles. The Kier molecular flexibility index (Phi) is 8.78. The number of nitrogens with one attached hydrogen (secondary N) is 1. The van der Waals surface area contributed by atoms with Crippen molar-refractivity contribution in [2.75, 3.05) is 52.6 Å². The predicted molar refractivity (Wildman–Crippen MR) is 81.8 cm³/mol. The summed E-state index contributed by atoms with van der Waals surface area (Å²) in [4.78, 5) is 11.4. The van der Waals surface area contributed by atoms with E-state index in [0.717, 1.165) is 0 Å². The molecule has 1 rings (SSSR count).